The number of methoxy groups -OCH3 is 1. The number of sulfonamides is 1. The zero-order chi connectivity index (χ0) is 24.2. The van der Waals surface area contributed by atoms with E-state index in [1.165, 1.54) is 54.7 Å². The lowest BCUT2D eigenvalue weighted by atomic mass is 10.1. The molecule has 33 heavy (non-hydrogen) atoms. The second kappa shape index (κ2) is 10.3. The Morgan fingerprint density at radius 1 is 1.18 bits per heavy atom. The molecule has 1 aliphatic heterocycles. The van der Waals surface area contributed by atoms with Crippen LogP contribution in [0.2, 0.25) is 0 Å². The quantitative estimate of drug-likeness (QED) is 0.611. The Kier molecular flexibility index (Phi) is 7.70. The number of nitrogens with zero attached hydrogens (tertiary/aromatic N) is 1. The highest BCUT2D eigenvalue weighted by molar-refractivity contribution is 7.89. The normalized spacial score (nSPS) is 17.8. The van der Waals surface area contributed by atoms with Gasteiger partial charge in [-0.15, -0.1) is 0 Å². The van der Waals surface area contributed by atoms with Crippen LogP contribution in [0.25, 0.3) is 0 Å². The van der Waals surface area contributed by atoms with Gasteiger partial charge < -0.3 is 14.8 Å². The maximum absolute atomic E-state index is 13.3. The van der Waals surface area contributed by atoms with Crippen molar-refractivity contribution in [1.29, 1.82) is 0 Å². The third-order valence-corrected chi connectivity index (χ3v) is 7.51. The van der Waals surface area contributed by atoms with Crippen LogP contribution in [-0.2, 0) is 19.6 Å². The summed E-state index contributed by atoms with van der Waals surface area (Å²) in [6.45, 7) is 3.60. The van der Waals surface area contributed by atoms with Crippen LogP contribution in [0.5, 0.6) is 5.75 Å². The molecule has 1 fully saturated rings. The fourth-order valence-electron chi connectivity index (χ4n) is 3.65. The van der Waals surface area contributed by atoms with Gasteiger partial charge in [-0.25, -0.2) is 17.6 Å². The maximum Gasteiger partial charge on any atom is 0.338 e. The van der Waals surface area contributed by atoms with Crippen LogP contribution in [0.1, 0.15) is 43.5 Å². The molecule has 8 nitrogen and oxygen atoms in total. The highest BCUT2D eigenvalue weighted by atomic mass is 32.2. The van der Waals surface area contributed by atoms with Crippen molar-refractivity contribution in [3.8, 4) is 5.75 Å². The topological polar surface area (TPSA) is 102 Å². The van der Waals surface area contributed by atoms with Gasteiger partial charge in [-0.05, 0) is 63.1 Å². The van der Waals surface area contributed by atoms with Crippen molar-refractivity contribution in [2.75, 3.05) is 19.0 Å². The van der Waals surface area contributed by atoms with Crippen molar-refractivity contribution in [3.63, 3.8) is 0 Å². The van der Waals surface area contributed by atoms with Crippen LogP contribution in [0.4, 0.5) is 10.1 Å². The molecule has 0 saturated carbocycles. The number of nitrogens with one attached hydrogen (secondary N) is 1. The summed E-state index contributed by atoms with van der Waals surface area (Å²) in [5.41, 5.74) is 0.181. The van der Waals surface area contributed by atoms with Crippen LogP contribution in [0.3, 0.4) is 0 Å². The standard InChI is InChI=1S/C23H27FN2O6S/c1-15-7-4-5-12-26(15)33(29,30)21-13-17(10-11-20(21)31-3)23(28)32-16(2)22(27)25-19-9-6-8-18(24)14-19/h6,8-11,13-16H,4-5,7,12H2,1-3H3,(H,25,27). The average Bonchev–Trinajstić information content (AvgIpc) is 2.78. The highest BCUT2D eigenvalue weighted by Gasteiger charge is 2.34. The molecule has 2 atom stereocenters. The van der Waals surface area contributed by atoms with Crippen molar-refractivity contribution in [2.24, 2.45) is 0 Å². The van der Waals surface area contributed by atoms with E-state index in [2.05, 4.69) is 5.32 Å². The van der Waals surface area contributed by atoms with Crippen molar-refractivity contribution in [3.05, 3.63) is 53.8 Å². The molecule has 1 amide bonds. The number of amides is 1. The van der Waals surface area contributed by atoms with E-state index in [1.54, 1.807) is 0 Å². The molecule has 10 heteroatoms. The molecule has 2 aromatic carbocycles. The average molecular weight is 479 g/mol. The number of carbonyl (C=O) groups excluding carboxylic acids is 2. The number of esters is 1. The summed E-state index contributed by atoms with van der Waals surface area (Å²) < 4.78 is 51.8. The van der Waals surface area contributed by atoms with Crippen molar-refractivity contribution >= 4 is 27.6 Å². The number of rotatable bonds is 7. The fraction of sp³-hybridized carbons (Fsp3) is 0.391. The first-order chi connectivity index (χ1) is 15.6. The molecule has 1 saturated heterocycles. The maximum atomic E-state index is 13.3. The van der Waals surface area contributed by atoms with Gasteiger partial charge in [0.25, 0.3) is 5.91 Å². The number of anilines is 1. The molecule has 1 heterocycles. The van der Waals surface area contributed by atoms with Crippen LogP contribution < -0.4 is 10.1 Å². The van der Waals surface area contributed by atoms with Crippen LogP contribution in [0, 0.1) is 5.82 Å². The Bertz CT molecular complexity index is 1140. The van der Waals surface area contributed by atoms with E-state index in [-0.39, 0.29) is 27.9 Å². The molecule has 0 spiro atoms. The first-order valence-corrected chi connectivity index (χ1v) is 12.0. The van der Waals surface area contributed by atoms with Crippen LogP contribution in [-0.4, -0.2) is 50.4 Å². The highest BCUT2D eigenvalue weighted by Crippen LogP contribution is 2.32. The number of ether oxygens (including phenoxy) is 2. The summed E-state index contributed by atoms with van der Waals surface area (Å²) in [5.74, 6) is -1.94. The number of hydrogen-bond donors (Lipinski definition) is 1. The van der Waals surface area contributed by atoms with Gasteiger partial charge >= 0.3 is 5.97 Å². The zero-order valence-electron chi connectivity index (χ0n) is 18.7. The SMILES string of the molecule is COc1ccc(C(=O)OC(C)C(=O)Nc2cccc(F)c2)cc1S(=O)(=O)N1CCCCC1C. The van der Waals surface area contributed by atoms with Gasteiger partial charge in [0, 0.05) is 18.3 Å². The van der Waals surface area contributed by atoms with Gasteiger partial charge in [0.15, 0.2) is 6.10 Å². The lowest BCUT2D eigenvalue weighted by Crippen LogP contribution is -2.42. The van der Waals surface area contributed by atoms with E-state index in [0.717, 1.165) is 25.3 Å². The first-order valence-electron chi connectivity index (χ1n) is 10.6. The van der Waals surface area contributed by atoms with Gasteiger partial charge in [0.05, 0.1) is 12.7 Å². The number of halogens is 1. The van der Waals surface area contributed by atoms with Crippen LogP contribution >= 0.6 is 0 Å². The van der Waals surface area contributed by atoms with Gasteiger partial charge in [-0.3, -0.25) is 4.79 Å². The number of piperidine rings is 1. The predicted molar refractivity (Wildman–Crippen MR) is 120 cm³/mol. The smallest absolute Gasteiger partial charge is 0.338 e. The van der Waals surface area contributed by atoms with Gasteiger partial charge in [0.2, 0.25) is 10.0 Å². The van der Waals surface area contributed by atoms with E-state index < -0.39 is 33.8 Å². The molecule has 0 aromatic heterocycles. The van der Waals surface area contributed by atoms with E-state index in [0.29, 0.717) is 6.54 Å². The van der Waals surface area contributed by atoms with Crippen molar-refractivity contribution < 1.29 is 31.9 Å². The summed E-state index contributed by atoms with van der Waals surface area (Å²) >= 11 is 0. The molecule has 0 bridgehead atoms. The minimum Gasteiger partial charge on any atom is -0.495 e. The summed E-state index contributed by atoms with van der Waals surface area (Å²) in [7, 11) is -2.56. The summed E-state index contributed by atoms with van der Waals surface area (Å²) in [4.78, 5) is 24.9. The molecule has 2 unspecified atom stereocenters. The van der Waals surface area contributed by atoms with E-state index in [1.807, 2.05) is 6.92 Å². The lowest BCUT2D eigenvalue weighted by Gasteiger charge is -2.32. The van der Waals surface area contributed by atoms with E-state index in [4.69, 9.17) is 9.47 Å². The zero-order valence-corrected chi connectivity index (χ0v) is 19.5. The van der Waals surface area contributed by atoms with Crippen molar-refractivity contribution in [2.45, 2.75) is 50.2 Å². The third-order valence-electron chi connectivity index (χ3n) is 5.47. The Labute approximate surface area is 192 Å². The summed E-state index contributed by atoms with van der Waals surface area (Å²) in [6, 6.07) is 9.09. The molecule has 1 N–H and O–H groups in total. The summed E-state index contributed by atoms with van der Waals surface area (Å²) in [6.07, 6.45) is 1.25. The molecule has 2 aromatic rings. The molecule has 1 aliphatic rings. The fourth-order valence-corrected chi connectivity index (χ4v) is 5.54. The minimum atomic E-state index is -3.91. The molecular formula is C23H27FN2O6S. The van der Waals surface area contributed by atoms with E-state index in [9.17, 15) is 22.4 Å². The second-order valence-corrected chi connectivity index (χ2v) is 9.73. The Hall–Kier alpha value is -2.98. The Balaban J connectivity index is 1.79. The van der Waals surface area contributed by atoms with Crippen molar-refractivity contribution in [1.82, 2.24) is 4.31 Å². The van der Waals surface area contributed by atoms with Gasteiger partial charge in [-0.2, -0.15) is 4.31 Å². The molecule has 0 aliphatic carbocycles. The molecule has 0 radical (unpaired) electrons. The number of benzene rings is 2. The first kappa shape index (κ1) is 24.7. The predicted octanol–water partition coefficient (Wildman–Crippen LogP) is 3.58. The number of carbonyl (C=O) groups is 2. The van der Waals surface area contributed by atoms with Gasteiger partial charge in [0.1, 0.15) is 16.5 Å². The largest absolute Gasteiger partial charge is 0.495 e. The van der Waals surface area contributed by atoms with Gasteiger partial charge in [-0.1, -0.05) is 12.5 Å². The molecular weight excluding hydrogens is 451 g/mol. The number of hydrogen-bond acceptors (Lipinski definition) is 6. The third kappa shape index (κ3) is 5.69. The van der Waals surface area contributed by atoms with E-state index >= 15 is 0 Å². The molecule has 3 rings (SSSR count). The summed E-state index contributed by atoms with van der Waals surface area (Å²) in [5, 5.41) is 2.46. The monoisotopic (exact) mass is 478 g/mol. The lowest BCUT2D eigenvalue weighted by molar-refractivity contribution is -0.123. The van der Waals surface area contributed by atoms with Crippen LogP contribution in [0.15, 0.2) is 47.4 Å². The Morgan fingerprint density at radius 2 is 1.94 bits per heavy atom. The molecule has 178 valence electrons. The second-order valence-electron chi connectivity index (χ2n) is 7.87. The Morgan fingerprint density at radius 3 is 2.61 bits per heavy atom. The minimum absolute atomic E-state index is 0.0376.